The highest BCUT2D eigenvalue weighted by atomic mass is 16.2. The molecule has 0 aromatic heterocycles. The summed E-state index contributed by atoms with van der Waals surface area (Å²) in [5.41, 5.74) is 2.25. The lowest BCUT2D eigenvalue weighted by Crippen LogP contribution is -2.42. The van der Waals surface area contributed by atoms with Crippen molar-refractivity contribution in [1.29, 1.82) is 0 Å². The van der Waals surface area contributed by atoms with Crippen LogP contribution in [-0.2, 0) is 5.41 Å². The molecule has 0 saturated carbocycles. The van der Waals surface area contributed by atoms with Crippen LogP contribution >= 0.6 is 0 Å². The molecule has 1 aromatic rings. The van der Waals surface area contributed by atoms with Gasteiger partial charge >= 0.3 is 0 Å². The summed E-state index contributed by atoms with van der Waals surface area (Å²) in [6, 6.07) is 8.64. The van der Waals surface area contributed by atoms with Crippen LogP contribution in [0.2, 0.25) is 0 Å². The van der Waals surface area contributed by atoms with Gasteiger partial charge in [0.05, 0.1) is 0 Å². The van der Waals surface area contributed by atoms with Crippen molar-refractivity contribution in [1.82, 2.24) is 9.80 Å². The minimum Gasteiger partial charge on any atom is -0.334 e. The van der Waals surface area contributed by atoms with Crippen molar-refractivity contribution in [2.45, 2.75) is 57.9 Å². The van der Waals surface area contributed by atoms with Crippen LogP contribution in [0.15, 0.2) is 24.3 Å². The predicted molar refractivity (Wildman–Crippen MR) is 94.9 cm³/mol. The molecule has 3 heteroatoms. The van der Waals surface area contributed by atoms with E-state index in [0.29, 0.717) is 6.04 Å². The summed E-state index contributed by atoms with van der Waals surface area (Å²) >= 11 is 0. The first kappa shape index (κ1) is 16.5. The fourth-order valence-electron chi connectivity index (χ4n) is 3.83. The maximum absolute atomic E-state index is 12.9. The second kappa shape index (κ2) is 6.64. The number of nitrogens with zero attached hydrogens (tertiary/aromatic N) is 2. The Bertz CT molecular complexity index is 538. The molecule has 0 N–H and O–H groups in total. The molecule has 3 rings (SSSR count). The van der Waals surface area contributed by atoms with Gasteiger partial charge in [0.1, 0.15) is 0 Å². The molecule has 2 saturated heterocycles. The van der Waals surface area contributed by atoms with Crippen LogP contribution in [0.1, 0.15) is 62.4 Å². The number of carbonyl (C=O) groups excluding carboxylic acids is 1. The Morgan fingerprint density at radius 1 is 1.04 bits per heavy atom. The van der Waals surface area contributed by atoms with Crippen LogP contribution in [0.4, 0.5) is 0 Å². The second-order valence-electron chi connectivity index (χ2n) is 8.13. The molecule has 2 fully saturated rings. The molecule has 2 aliphatic rings. The minimum atomic E-state index is 0.132. The van der Waals surface area contributed by atoms with E-state index in [1.807, 2.05) is 12.1 Å². The quantitative estimate of drug-likeness (QED) is 0.849. The van der Waals surface area contributed by atoms with Gasteiger partial charge in [-0.1, -0.05) is 32.9 Å². The molecule has 1 aromatic carbocycles. The molecule has 1 amide bonds. The second-order valence-corrected chi connectivity index (χ2v) is 8.13. The Balaban J connectivity index is 1.68. The number of rotatable bonds is 3. The van der Waals surface area contributed by atoms with Crippen molar-refractivity contribution in [3.63, 3.8) is 0 Å². The molecule has 126 valence electrons. The zero-order valence-corrected chi connectivity index (χ0v) is 14.8. The van der Waals surface area contributed by atoms with Crippen LogP contribution in [0.5, 0.6) is 0 Å². The molecule has 3 nitrogen and oxygen atoms in total. The highest BCUT2D eigenvalue weighted by Gasteiger charge is 2.31. The fourth-order valence-corrected chi connectivity index (χ4v) is 3.83. The molecular formula is C20H30N2O. The molecule has 0 spiro atoms. The topological polar surface area (TPSA) is 23.6 Å². The summed E-state index contributed by atoms with van der Waals surface area (Å²) in [4.78, 5) is 17.5. The first-order valence-corrected chi connectivity index (χ1v) is 9.09. The summed E-state index contributed by atoms with van der Waals surface area (Å²) in [6.45, 7) is 11.0. The monoisotopic (exact) mass is 314 g/mol. The van der Waals surface area contributed by atoms with Gasteiger partial charge < -0.3 is 9.80 Å². The Labute approximate surface area is 140 Å². The van der Waals surface area contributed by atoms with E-state index in [4.69, 9.17) is 0 Å². The van der Waals surface area contributed by atoms with Crippen molar-refractivity contribution in [3.05, 3.63) is 35.4 Å². The van der Waals surface area contributed by atoms with Gasteiger partial charge in [-0.05, 0) is 61.9 Å². The third-order valence-corrected chi connectivity index (χ3v) is 5.30. The maximum atomic E-state index is 12.9. The molecule has 2 heterocycles. The average molecular weight is 314 g/mol. The lowest BCUT2D eigenvalue weighted by atomic mass is 9.86. The Morgan fingerprint density at radius 3 is 2.30 bits per heavy atom. The lowest BCUT2D eigenvalue weighted by Gasteiger charge is -2.29. The van der Waals surface area contributed by atoms with Crippen LogP contribution < -0.4 is 0 Å². The first-order chi connectivity index (χ1) is 10.9. The van der Waals surface area contributed by atoms with Gasteiger partial charge in [0.25, 0.3) is 5.91 Å². The molecule has 0 bridgehead atoms. The molecule has 0 radical (unpaired) electrons. The minimum absolute atomic E-state index is 0.132. The van der Waals surface area contributed by atoms with E-state index < -0.39 is 0 Å². The summed E-state index contributed by atoms with van der Waals surface area (Å²) < 4.78 is 0. The van der Waals surface area contributed by atoms with E-state index >= 15 is 0 Å². The van der Waals surface area contributed by atoms with Crippen LogP contribution in [0.25, 0.3) is 0 Å². The predicted octanol–water partition coefficient (Wildman–Crippen LogP) is 3.68. The number of amides is 1. The SMILES string of the molecule is CC(C)(C)c1ccc(C(=O)N2CCC[C@H]2CN2CCCC2)cc1. The molecule has 23 heavy (non-hydrogen) atoms. The summed E-state index contributed by atoms with van der Waals surface area (Å²) in [5.74, 6) is 0.215. The molecule has 0 unspecified atom stereocenters. The first-order valence-electron chi connectivity index (χ1n) is 9.09. The largest absolute Gasteiger partial charge is 0.334 e. The smallest absolute Gasteiger partial charge is 0.254 e. The standard InChI is InChI=1S/C20H30N2O/c1-20(2,3)17-10-8-16(9-11-17)19(23)22-14-6-7-18(22)15-21-12-4-5-13-21/h8-11,18H,4-7,12-15H2,1-3H3/t18-/m0/s1. The van der Waals surface area contributed by atoms with Gasteiger partial charge in [-0.2, -0.15) is 0 Å². The van der Waals surface area contributed by atoms with E-state index in [2.05, 4.69) is 42.7 Å². The number of hydrogen-bond acceptors (Lipinski definition) is 2. The number of hydrogen-bond donors (Lipinski definition) is 0. The van der Waals surface area contributed by atoms with Crippen molar-refractivity contribution in [2.75, 3.05) is 26.2 Å². The highest BCUT2D eigenvalue weighted by Crippen LogP contribution is 2.25. The van der Waals surface area contributed by atoms with Crippen molar-refractivity contribution >= 4 is 5.91 Å². The van der Waals surface area contributed by atoms with E-state index in [0.717, 1.165) is 31.5 Å². The van der Waals surface area contributed by atoms with E-state index in [1.54, 1.807) is 0 Å². The molecule has 1 atom stereocenters. The van der Waals surface area contributed by atoms with Gasteiger partial charge in [-0.3, -0.25) is 4.79 Å². The van der Waals surface area contributed by atoms with Crippen LogP contribution in [0, 0.1) is 0 Å². The zero-order chi connectivity index (χ0) is 16.4. The van der Waals surface area contributed by atoms with E-state index in [9.17, 15) is 4.79 Å². The van der Waals surface area contributed by atoms with Gasteiger partial charge in [-0.15, -0.1) is 0 Å². The maximum Gasteiger partial charge on any atom is 0.254 e. The van der Waals surface area contributed by atoms with Gasteiger partial charge in [0.15, 0.2) is 0 Å². The van der Waals surface area contributed by atoms with Crippen molar-refractivity contribution < 1.29 is 4.79 Å². The van der Waals surface area contributed by atoms with Gasteiger partial charge in [0.2, 0.25) is 0 Å². The summed E-state index contributed by atoms with van der Waals surface area (Å²) in [7, 11) is 0. The molecular weight excluding hydrogens is 284 g/mol. The van der Waals surface area contributed by atoms with Crippen molar-refractivity contribution in [2.24, 2.45) is 0 Å². The summed E-state index contributed by atoms with van der Waals surface area (Å²) in [5, 5.41) is 0. The molecule has 0 aliphatic carbocycles. The Hall–Kier alpha value is -1.35. The number of likely N-dealkylation sites (tertiary alicyclic amines) is 2. The van der Waals surface area contributed by atoms with Crippen LogP contribution in [0.3, 0.4) is 0 Å². The molecule has 2 aliphatic heterocycles. The van der Waals surface area contributed by atoms with Gasteiger partial charge in [-0.25, -0.2) is 0 Å². The third kappa shape index (κ3) is 3.77. The highest BCUT2D eigenvalue weighted by molar-refractivity contribution is 5.94. The zero-order valence-electron chi connectivity index (χ0n) is 14.8. The van der Waals surface area contributed by atoms with Gasteiger partial charge in [0, 0.05) is 24.7 Å². The Kier molecular flexibility index (Phi) is 4.77. The normalized spacial score (nSPS) is 22.7. The number of carbonyl (C=O) groups is 1. The van der Waals surface area contributed by atoms with E-state index in [-0.39, 0.29) is 11.3 Å². The Morgan fingerprint density at radius 2 is 1.70 bits per heavy atom. The van der Waals surface area contributed by atoms with Crippen molar-refractivity contribution in [3.8, 4) is 0 Å². The fraction of sp³-hybridized carbons (Fsp3) is 0.650. The number of benzene rings is 1. The lowest BCUT2D eigenvalue weighted by molar-refractivity contribution is 0.0708. The average Bonchev–Trinajstić information content (AvgIpc) is 3.18. The summed E-state index contributed by atoms with van der Waals surface area (Å²) in [6.07, 6.45) is 4.93. The third-order valence-electron chi connectivity index (χ3n) is 5.30. The van der Waals surface area contributed by atoms with Crippen LogP contribution in [-0.4, -0.2) is 47.9 Å². The van der Waals surface area contributed by atoms with E-state index in [1.165, 1.54) is 31.5 Å².